The number of guanidine groups is 1. The zero-order chi connectivity index (χ0) is 18.9. The van der Waals surface area contributed by atoms with E-state index in [9.17, 15) is 0 Å². The molecule has 0 radical (unpaired) electrons. The minimum atomic E-state index is 0. The molecule has 0 aliphatic carbocycles. The smallest absolute Gasteiger partial charge is 0.191 e. The van der Waals surface area contributed by atoms with Crippen molar-refractivity contribution < 1.29 is 0 Å². The van der Waals surface area contributed by atoms with Crippen molar-refractivity contribution in [3.63, 3.8) is 0 Å². The number of aromatic nitrogens is 2. The summed E-state index contributed by atoms with van der Waals surface area (Å²) in [5, 5.41) is 10.4. The van der Waals surface area contributed by atoms with Gasteiger partial charge in [-0.2, -0.15) is 0 Å². The van der Waals surface area contributed by atoms with Gasteiger partial charge in [-0.1, -0.05) is 6.92 Å². The minimum Gasteiger partial charge on any atom is -0.356 e. The molecule has 8 heteroatoms. The lowest BCUT2D eigenvalue weighted by Crippen LogP contribution is -2.43. The highest BCUT2D eigenvalue weighted by molar-refractivity contribution is 14.0. The lowest BCUT2D eigenvalue weighted by atomic mass is 9.97. The second-order valence-corrected chi connectivity index (χ2v) is 8.05. The summed E-state index contributed by atoms with van der Waals surface area (Å²) in [5.41, 5.74) is 1.24. The zero-order valence-electron chi connectivity index (χ0n) is 16.9. The molecule has 0 saturated carbocycles. The number of aryl methyl sites for hydroxylation is 1. The topological polar surface area (TPSA) is 57.5 Å². The molecule has 156 valence electrons. The van der Waals surface area contributed by atoms with Gasteiger partial charge in [0.25, 0.3) is 0 Å². The van der Waals surface area contributed by atoms with Crippen LogP contribution in [0, 0.1) is 5.92 Å². The number of halogens is 1. The molecule has 0 aromatic carbocycles. The number of aliphatic imine (C=N–C) groups is 1. The van der Waals surface area contributed by atoms with E-state index in [1.807, 2.05) is 7.05 Å². The number of nitrogens with one attached hydrogen (secondary N) is 2. The predicted octanol–water partition coefficient (Wildman–Crippen LogP) is 3.20. The number of nitrogens with zero attached hydrogens (tertiary/aromatic N) is 4. The molecule has 3 rings (SSSR count). The van der Waals surface area contributed by atoms with Crippen LogP contribution < -0.4 is 10.6 Å². The van der Waals surface area contributed by atoms with Crippen molar-refractivity contribution in [1.82, 2.24) is 25.1 Å². The Morgan fingerprint density at radius 3 is 2.64 bits per heavy atom. The number of rotatable bonds is 8. The maximum absolute atomic E-state index is 4.70. The van der Waals surface area contributed by atoms with Crippen LogP contribution in [0.2, 0.25) is 0 Å². The van der Waals surface area contributed by atoms with Crippen molar-refractivity contribution in [2.24, 2.45) is 10.9 Å². The van der Waals surface area contributed by atoms with Crippen LogP contribution in [0.25, 0.3) is 0 Å². The van der Waals surface area contributed by atoms with E-state index in [1.54, 1.807) is 11.3 Å². The van der Waals surface area contributed by atoms with Crippen molar-refractivity contribution in [3.8, 4) is 0 Å². The van der Waals surface area contributed by atoms with Gasteiger partial charge >= 0.3 is 0 Å². The molecule has 1 fully saturated rings. The van der Waals surface area contributed by atoms with Crippen LogP contribution >= 0.6 is 35.3 Å². The normalized spacial score (nSPS) is 16.0. The second-order valence-electron chi connectivity index (χ2n) is 7.11. The molecule has 0 atom stereocenters. The molecule has 1 aliphatic rings. The first-order chi connectivity index (χ1) is 13.3. The number of likely N-dealkylation sites (tertiary alicyclic amines) is 1. The van der Waals surface area contributed by atoms with E-state index < -0.39 is 0 Å². The molecule has 28 heavy (non-hydrogen) atoms. The summed E-state index contributed by atoms with van der Waals surface area (Å²) >= 11 is 1.79. The Morgan fingerprint density at radius 2 is 2.00 bits per heavy atom. The van der Waals surface area contributed by atoms with Gasteiger partial charge in [0.15, 0.2) is 5.96 Å². The van der Waals surface area contributed by atoms with Gasteiger partial charge in [0, 0.05) is 51.0 Å². The van der Waals surface area contributed by atoms with Crippen molar-refractivity contribution in [2.75, 3.05) is 33.2 Å². The van der Waals surface area contributed by atoms with Gasteiger partial charge in [0.2, 0.25) is 0 Å². The minimum absolute atomic E-state index is 0. The molecular weight excluding hydrogens is 483 g/mol. The first kappa shape index (κ1) is 23.2. The van der Waals surface area contributed by atoms with Crippen molar-refractivity contribution in [2.45, 2.75) is 39.3 Å². The highest BCUT2D eigenvalue weighted by atomic mass is 127. The van der Waals surface area contributed by atoms with Crippen LogP contribution in [0.3, 0.4) is 0 Å². The second kappa shape index (κ2) is 12.4. The Labute approximate surface area is 189 Å². The zero-order valence-corrected chi connectivity index (χ0v) is 20.1. The van der Waals surface area contributed by atoms with Gasteiger partial charge in [-0.15, -0.1) is 35.3 Å². The molecule has 3 heterocycles. The molecule has 2 aromatic rings. The van der Waals surface area contributed by atoms with Gasteiger partial charge in [-0.25, -0.2) is 4.98 Å². The summed E-state index contributed by atoms with van der Waals surface area (Å²) in [6, 6.07) is 4.10. The summed E-state index contributed by atoms with van der Waals surface area (Å²) < 4.78 is 2.17. The standard InChI is InChI=1S/C20H32N6S.HI/c1-3-19-24-18(16-27-19)15-26-11-6-17(7-12-26)14-23-20(21-2)22-8-13-25-9-4-5-10-25;/h4-5,9-10,16-17H,3,6-8,11-15H2,1-2H3,(H2,21,22,23);1H. The molecule has 6 nitrogen and oxygen atoms in total. The van der Waals surface area contributed by atoms with E-state index >= 15 is 0 Å². The number of piperidine rings is 1. The number of thiazole rings is 1. The van der Waals surface area contributed by atoms with Crippen LogP contribution in [0.15, 0.2) is 34.9 Å². The van der Waals surface area contributed by atoms with E-state index in [1.165, 1.54) is 23.5 Å². The summed E-state index contributed by atoms with van der Waals surface area (Å²) in [7, 11) is 1.84. The molecule has 0 bridgehead atoms. The molecule has 0 spiro atoms. The first-order valence-corrected chi connectivity index (χ1v) is 10.9. The monoisotopic (exact) mass is 516 g/mol. The van der Waals surface area contributed by atoms with Crippen molar-refractivity contribution in [1.29, 1.82) is 0 Å². The molecule has 0 amide bonds. The van der Waals surface area contributed by atoms with Crippen LogP contribution in [-0.2, 0) is 19.5 Å². The van der Waals surface area contributed by atoms with E-state index in [-0.39, 0.29) is 24.0 Å². The summed E-state index contributed by atoms with van der Waals surface area (Å²) in [5.74, 6) is 1.62. The van der Waals surface area contributed by atoms with E-state index in [4.69, 9.17) is 4.98 Å². The fourth-order valence-electron chi connectivity index (χ4n) is 3.45. The Balaban J connectivity index is 0.00000280. The highest BCUT2D eigenvalue weighted by Gasteiger charge is 2.20. The number of hydrogen-bond acceptors (Lipinski definition) is 4. The average molecular weight is 516 g/mol. The predicted molar refractivity (Wildman–Crippen MR) is 129 cm³/mol. The van der Waals surface area contributed by atoms with Gasteiger partial charge in [-0.3, -0.25) is 9.89 Å². The molecular formula is C20H33IN6S. The Hall–Kier alpha value is -1.13. The Bertz CT molecular complexity index is 691. The quantitative estimate of drug-likeness (QED) is 0.322. The molecule has 2 N–H and O–H groups in total. The maximum Gasteiger partial charge on any atom is 0.191 e. The highest BCUT2D eigenvalue weighted by Crippen LogP contribution is 2.19. The fourth-order valence-corrected chi connectivity index (χ4v) is 4.18. The lowest BCUT2D eigenvalue weighted by molar-refractivity contribution is 0.176. The fraction of sp³-hybridized carbons (Fsp3) is 0.600. The SMILES string of the molecule is CCc1nc(CN2CCC(CNC(=NC)NCCn3cccc3)CC2)cs1.I. The summed E-state index contributed by atoms with van der Waals surface area (Å²) in [6.07, 6.45) is 7.68. The summed E-state index contributed by atoms with van der Waals surface area (Å²) in [6.45, 7) is 8.30. The first-order valence-electron chi connectivity index (χ1n) is 9.97. The van der Waals surface area contributed by atoms with Crippen LogP contribution in [0.4, 0.5) is 0 Å². The van der Waals surface area contributed by atoms with E-state index in [0.717, 1.165) is 51.6 Å². The Morgan fingerprint density at radius 1 is 1.25 bits per heavy atom. The van der Waals surface area contributed by atoms with Gasteiger partial charge < -0.3 is 15.2 Å². The average Bonchev–Trinajstić information content (AvgIpc) is 3.37. The largest absolute Gasteiger partial charge is 0.356 e. The maximum atomic E-state index is 4.70. The third-order valence-corrected chi connectivity index (χ3v) is 6.15. The van der Waals surface area contributed by atoms with Gasteiger partial charge in [0.1, 0.15) is 0 Å². The lowest BCUT2D eigenvalue weighted by Gasteiger charge is -2.31. The third kappa shape index (κ3) is 7.36. The van der Waals surface area contributed by atoms with Crippen LogP contribution in [0.5, 0.6) is 0 Å². The number of hydrogen-bond donors (Lipinski definition) is 2. The van der Waals surface area contributed by atoms with Crippen molar-refractivity contribution >= 4 is 41.3 Å². The van der Waals surface area contributed by atoms with Crippen LogP contribution in [0.1, 0.15) is 30.5 Å². The molecule has 0 unspecified atom stereocenters. The molecule has 1 saturated heterocycles. The summed E-state index contributed by atoms with van der Waals surface area (Å²) in [4.78, 5) is 11.6. The van der Waals surface area contributed by atoms with Gasteiger partial charge in [-0.05, 0) is 50.4 Å². The van der Waals surface area contributed by atoms with Crippen LogP contribution in [-0.4, -0.2) is 53.6 Å². The van der Waals surface area contributed by atoms with E-state index in [2.05, 4.69) is 61.9 Å². The molecule has 2 aromatic heterocycles. The Kier molecular flexibility index (Phi) is 10.3. The van der Waals surface area contributed by atoms with Crippen molar-refractivity contribution in [3.05, 3.63) is 40.6 Å². The van der Waals surface area contributed by atoms with Gasteiger partial charge in [0.05, 0.1) is 10.7 Å². The van der Waals surface area contributed by atoms with E-state index in [0.29, 0.717) is 5.92 Å². The third-order valence-electron chi connectivity index (χ3n) is 5.10. The molecule has 1 aliphatic heterocycles.